The van der Waals surface area contributed by atoms with E-state index in [1.807, 2.05) is 0 Å². The molecule has 10 heavy (non-hydrogen) atoms. The molecule has 0 aromatic rings. The summed E-state index contributed by atoms with van der Waals surface area (Å²) < 4.78 is 0. The molecule has 0 aromatic heterocycles. The van der Waals surface area contributed by atoms with E-state index in [1.54, 1.807) is 13.8 Å². The lowest BCUT2D eigenvalue weighted by Crippen LogP contribution is -2.28. The normalized spacial score (nSPS) is 19.6. The first kappa shape index (κ1) is 10.0. The summed E-state index contributed by atoms with van der Waals surface area (Å²) in [6.07, 6.45) is 0. The van der Waals surface area contributed by atoms with Crippen LogP contribution in [0.1, 0.15) is 13.8 Å². The summed E-state index contributed by atoms with van der Waals surface area (Å²) in [5.74, 6) is -1.60. The van der Waals surface area contributed by atoms with Crippen LogP contribution in [0.25, 0.3) is 0 Å². The number of carboxylic acid groups (broad SMARTS) is 1. The first-order valence-electron chi connectivity index (χ1n) is 2.97. The van der Waals surface area contributed by atoms with E-state index in [0.29, 0.717) is 0 Å². The van der Waals surface area contributed by atoms with Gasteiger partial charge >= 0.3 is 5.97 Å². The summed E-state index contributed by atoms with van der Waals surface area (Å²) in [4.78, 5) is 10.4. The molecule has 0 saturated carbocycles. The summed E-state index contributed by atoms with van der Waals surface area (Å²) in [6, 6.07) is 0. The minimum absolute atomic E-state index is 0.426. The van der Waals surface area contributed by atoms with Crippen LogP contribution in [0.3, 0.4) is 0 Å². The largest absolute Gasteiger partial charge is 0.481 e. The van der Waals surface area contributed by atoms with Gasteiger partial charge in [0.25, 0.3) is 0 Å². The van der Waals surface area contributed by atoms with E-state index in [1.165, 1.54) is 0 Å². The molecular formula is C6H10Cl2O2. The molecule has 0 spiro atoms. The van der Waals surface area contributed by atoms with E-state index >= 15 is 0 Å². The van der Waals surface area contributed by atoms with Crippen LogP contribution in [0.15, 0.2) is 0 Å². The van der Waals surface area contributed by atoms with Crippen LogP contribution in [-0.2, 0) is 4.79 Å². The van der Waals surface area contributed by atoms with Crippen LogP contribution >= 0.6 is 23.2 Å². The molecule has 0 saturated heterocycles. The molecule has 2 atom stereocenters. The molecule has 4 heteroatoms. The molecule has 0 rings (SSSR count). The number of carboxylic acids is 1. The topological polar surface area (TPSA) is 37.3 Å². The highest BCUT2D eigenvalue weighted by Crippen LogP contribution is 2.18. The molecule has 2 nitrogen and oxygen atoms in total. The Labute approximate surface area is 70.1 Å². The number of rotatable bonds is 3. The number of carbonyl (C=O) groups is 1. The molecule has 0 bridgehead atoms. The van der Waals surface area contributed by atoms with Gasteiger partial charge in [0.15, 0.2) is 0 Å². The van der Waals surface area contributed by atoms with Gasteiger partial charge in [-0.05, 0) is 13.8 Å². The van der Waals surface area contributed by atoms with Gasteiger partial charge < -0.3 is 5.11 Å². The zero-order valence-corrected chi connectivity index (χ0v) is 7.36. The molecule has 0 aliphatic carbocycles. The molecule has 0 aromatic carbocycles. The summed E-state index contributed by atoms with van der Waals surface area (Å²) >= 11 is 11.1. The Kier molecular flexibility index (Phi) is 4.06. The Morgan fingerprint density at radius 3 is 1.60 bits per heavy atom. The van der Waals surface area contributed by atoms with Gasteiger partial charge in [-0.3, -0.25) is 4.79 Å². The van der Waals surface area contributed by atoms with Gasteiger partial charge in [-0.25, -0.2) is 0 Å². The standard InChI is InChI=1S/C6H10Cl2O2/c1-3(7)5(4(2)8)6(9)10/h3-5H,1-2H3,(H,9,10). The maximum Gasteiger partial charge on any atom is 0.309 e. The van der Waals surface area contributed by atoms with Gasteiger partial charge in [0.2, 0.25) is 0 Å². The zero-order chi connectivity index (χ0) is 8.31. The van der Waals surface area contributed by atoms with Gasteiger partial charge in [-0.2, -0.15) is 0 Å². The second-order valence-corrected chi connectivity index (χ2v) is 3.60. The van der Waals surface area contributed by atoms with Crippen molar-refractivity contribution in [3.8, 4) is 0 Å². The molecule has 0 fully saturated rings. The van der Waals surface area contributed by atoms with Gasteiger partial charge in [0.1, 0.15) is 0 Å². The van der Waals surface area contributed by atoms with Crippen molar-refractivity contribution in [3.05, 3.63) is 0 Å². The zero-order valence-electron chi connectivity index (χ0n) is 5.84. The third kappa shape index (κ3) is 2.76. The molecule has 0 radical (unpaired) electrons. The molecule has 0 aliphatic heterocycles. The SMILES string of the molecule is CC(Cl)C(C(=O)O)C(C)Cl. The van der Waals surface area contributed by atoms with E-state index < -0.39 is 22.6 Å². The number of halogens is 2. The molecule has 2 unspecified atom stereocenters. The fraction of sp³-hybridized carbons (Fsp3) is 0.833. The molecule has 0 heterocycles. The maximum atomic E-state index is 10.4. The fourth-order valence-corrected chi connectivity index (χ4v) is 1.48. The van der Waals surface area contributed by atoms with Gasteiger partial charge in [-0.15, -0.1) is 23.2 Å². The van der Waals surface area contributed by atoms with E-state index in [9.17, 15) is 4.79 Å². The Morgan fingerprint density at radius 2 is 1.60 bits per heavy atom. The second kappa shape index (κ2) is 4.04. The highest BCUT2D eigenvalue weighted by atomic mass is 35.5. The monoisotopic (exact) mass is 184 g/mol. The van der Waals surface area contributed by atoms with Crippen molar-refractivity contribution in [1.82, 2.24) is 0 Å². The predicted molar refractivity (Wildman–Crippen MR) is 41.8 cm³/mol. The summed E-state index contributed by atoms with van der Waals surface area (Å²) in [5, 5.41) is 7.69. The van der Waals surface area contributed by atoms with Crippen molar-refractivity contribution in [2.24, 2.45) is 5.92 Å². The lowest BCUT2D eigenvalue weighted by Gasteiger charge is -2.15. The van der Waals surface area contributed by atoms with E-state index in [0.717, 1.165) is 0 Å². The second-order valence-electron chi connectivity index (χ2n) is 2.22. The van der Waals surface area contributed by atoms with Crippen molar-refractivity contribution in [1.29, 1.82) is 0 Å². The van der Waals surface area contributed by atoms with Crippen molar-refractivity contribution in [2.45, 2.75) is 24.6 Å². The number of hydrogen-bond donors (Lipinski definition) is 1. The quantitative estimate of drug-likeness (QED) is 0.682. The summed E-state index contributed by atoms with van der Waals surface area (Å²) in [6.45, 7) is 3.25. The highest BCUT2D eigenvalue weighted by molar-refractivity contribution is 6.25. The summed E-state index contributed by atoms with van der Waals surface area (Å²) in [7, 11) is 0. The van der Waals surface area contributed by atoms with Crippen LogP contribution in [0.5, 0.6) is 0 Å². The summed E-state index contributed by atoms with van der Waals surface area (Å²) in [5.41, 5.74) is 0. The van der Waals surface area contributed by atoms with Gasteiger partial charge in [0, 0.05) is 10.8 Å². The molecule has 0 aliphatic rings. The molecular weight excluding hydrogens is 175 g/mol. The lowest BCUT2D eigenvalue weighted by atomic mass is 10.0. The molecule has 0 amide bonds. The fourth-order valence-electron chi connectivity index (χ4n) is 0.758. The van der Waals surface area contributed by atoms with Crippen LogP contribution < -0.4 is 0 Å². The van der Waals surface area contributed by atoms with Crippen molar-refractivity contribution in [2.75, 3.05) is 0 Å². The predicted octanol–water partition coefficient (Wildman–Crippen LogP) is 1.94. The van der Waals surface area contributed by atoms with Crippen LogP contribution in [-0.4, -0.2) is 21.8 Å². The smallest absolute Gasteiger partial charge is 0.309 e. The minimum atomic E-state index is -0.940. The third-order valence-electron chi connectivity index (χ3n) is 1.27. The number of hydrogen-bond acceptors (Lipinski definition) is 1. The van der Waals surface area contributed by atoms with Gasteiger partial charge in [0.05, 0.1) is 5.92 Å². The minimum Gasteiger partial charge on any atom is -0.481 e. The van der Waals surface area contributed by atoms with E-state index in [4.69, 9.17) is 28.3 Å². The molecule has 1 N–H and O–H groups in total. The first-order chi connectivity index (χ1) is 4.46. The number of aliphatic carboxylic acids is 1. The van der Waals surface area contributed by atoms with Crippen LogP contribution in [0.2, 0.25) is 0 Å². The van der Waals surface area contributed by atoms with Crippen molar-refractivity contribution in [3.63, 3.8) is 0 Å². The van der Waals surface area contributed by atoms with E-state index in [2.05, 4.69) is 0 Å². The van der Waals surface area contributed by atoms with Gasteiger partial charge in [-0.1, -0.05) is 0 Å². The lowest BCUT2D eigenvalue weighted by molar-refractivity contribution is -0.141. The van der Waals surface area contributed by atoms with Crippen molar-refractivity contribution < 1.29 is 9.90 Å². The highest BCUT2D eigenvalue weighted by Gasteiger charge is 2.27. The Morgan fingerprint density at radius 1 is 1.30 bits per heavy atom. The number of alkyl halides is 2. The Balaban J connectivity index is 4.12. The average molecular weight is 185 g/mol. The average Bonchev–Trinajstić information content (AvgIpc) is 1.59. The maximum absolute atomic E-state index is 10.4. The molecule has 60 valence electrons. The van der Waals surface area contributed by atoms with Crippen LogP contribution in [0, 0.1) is 5.92 Å². The third-order valence-corrected chi connectivity index (χ3v) is 1.82. The Hall–Kier alpha value is 0.0500. The van der Waals surface area contributed by atoms with E-state index in [-0.39, 0.29) is 0 Å². The Bertz CT molecular complexity index is 115. The van der Waals surface area contributed by atoms with Crippen LogP contribution in [0.4, 0.5) is 0 Å². The first-order valence-corrected chi connectivity index (χ1v) is 3.85. The van der Waals surface area contributed by atoms with Crippen molar-refractivity contribution >= 4 is 29.2 Å².